The maximum absolute atomic E-state index is 13.9. The summed E-state index contributed by atoms with van der Waals surface area (Å²) in [5, 5.41) is 4.05. The predicted molar refractivity (Wildman–Crippen MR) is 98.3 cm³/mol. The first-order valence-electron chi connectivity index (χ1n) is 8.30. The van der Waals surface area contributed by atoms with Gasteiger partial charge in [0.05, 0.1) is 24.5 Å². The number of benzene rings is 1. The molecule has 0 fully saturated rings. The highest BCUT2D eigenvalue weighted by atomic mass is 32.2. The Morgan fingerprint density at radius 3 is 2.89 bits per heavy atom. The highest BCUT2D eigenvalue weighted by Crippen LogP contribution is 2.43. The number of aromatic nitrogens is 2. The Balaban J connectivity index is 1.71. The van der Waals surface area contributed by atoms with Gasteiger partial charge >= 0.3 is 0 Å². The summed E-state index contributed by atoms with van der Waals surface area (Å²) >= 11 is 1.20. The fraction of sp³-hybridized carbons (Fsp3) is 0.294. The second kappa shape index (κ2) is 7.22. The van der Waals surface area contributed by atoms with Crippen LogP contribution in [-0.4, -0.2) is 25.2 Å². The number of fused-ring (bicyclic) bond motifs is 1. The van der Waals surface area contributed by atoms with Gasteiger partial charge in [0, 0.05) is 10.4 Å². The monoisotopic (exact) mass is 427 g/mol. The molecule has 1 N–H and O–H groups in total. The van der Waals surface area contributed by atoms with Crippen LogP contribution in [0.15, 0.2) is 22.7 Å². The van der Waals surface area contributed by atoms with Gasteiger partial charge in [-0.15, -0.1) is 11.3 Å². The average molecular weight is 427 g/mol. The van der Waals surface area contributed by atoms with Crippen LogP contribution in [-0.2, 0) is 33.5 Å². The van der Waals surface area contributed by atoms with Crippen LogP contribution in [0.1, 0.15) is 21.8 Å². The summed E-state index contributed by atoms with van der Waals surface area (Å²) in [6, 6.07) is 2.69. The lowest BCUT2D eigenvalue weighted by Gasteiger charge is -2.12. The summed E-state index contributed by atoms with van der Waals surface area (Å²) in [6.45, 7) is 2.50. The van der Waals surface area contributed by atoms with Gasteiger partial charge in [-0.25, -0.2) is 17.2 Å². The minimum Gasteiger partial charge on any atom is -0.376 e. The topological polar surface area (TPSA) is 94.3 Å². The van der Waals surface area contributed by atoms with E-state index in [1.54, 1.807) is 6.92 Å². The van der Waals surface area contributed by atoms with Crippen LogP contribution in [0, 0.1) is 18.6 Å². The van der Waals surface area contributed by atoms with E-state index in [9.17, 15) is 17.2 Å². The van der Waals surface area contributed by atoms with Gasteiger partial charge in [0.25, 0.3) is 5.89 Å². The number of nitrogens with one attached hydrogen (secondary N) is 1. The molecular weight excluding hydrogens is 412 g/mol. The van der Waals surface area contributed by atoms with E-state index in [1.807, 2.05) is 0 Å². The summed E-state index contributed by atoms with van der Waals surface area (Å²) in [7, 11) is -4.03. The van der Waals surface area contributed by atoms with E-state index < -0.39 is 27.4 Å². The van der Waals surface area contributed by atoms with Crippen molar-refractivity contribution in [1.82, 2.24) is 10.1 Å². The van der Waals surface area contributed by atoms with Gasteiger partial charge in [0.2, 0.25) is 10.0 Å². The van der Waals surface area contributed by atoms with Crippen molar-refractivity contribution in [1.29, 1.82) is 0 Å². The molecule has 3 aromatic rings. The molecule has 0 aliphatic carbocycles. The molecule has 148 valence electrons. The van der Waals surface area contributed by atoms with Crippen molar-refractivity contribution in [2.45, 2.75) is 25.7 Å². The van der Waals surface area contributed by atoms with Crippen LogP contribution < -0.4 is 4.72 Å². The molecule has 4 rings (SSSR count). The maximum Gasteiger partial charge on any atom is 0.261 e. The van der Waals surface area contributed by atoms with Crippen LogP contribution in [0.2, 0.25) is 0 Å². The Morgan fingerprint density at radius 1 is 1.32 bits per heavy atom. The van der Waals surface area contributed by atoms with Crippen LogP contribution in [0.4, 0.5) is 13.8 Å². The van der Waals surface area contributed by atoms with Crippen molar-refractivity contribution in [2.24, 2.45) is 0 Å². The third-order valence-corrected chi connectivity index (χ3v) is 6.62. The number of hydrogen-bond acceptors (Lipinski definition) is 7. The molecule has 1 aromatic carbocycles. The number of aryl methyl sites for hydroxylation is 1. The van der Waals surface area contributed by atoms with Crippen molar-refractivity contribution >= 4 is 26.4 Å². The van der Waals surface area contributed by atoms with Crippen LogP contribution >= 0.6 is 11.3 Å². The number of hydrogen-bond donors (Lipinski definition) is 1. The van der Waals surface area contributed by atoms with Gasteiger partial charge in [-0.1, -0.05) is 5.16 Å². The molecule has 0 amide bonds. The molecule has 2 aromatic heterocycles. The molecule has 0 saturated heterocycles. The SMILES string of the molecule is Cc1noc(-c2c(NS(=O)(=O)Cc3cc(F)ccc3F)sc3c2CCOC3)n1. The Morgan fingerprint density at radius 2 is 2.14 bits per heavy atom. The largest absolute Gasteiger partial charge is 0.376 e. The van der Waals surface area contributed by atoms with E-state index in [4.69, 9.17) is 9.26 Å². The maximum atomic E-state index is 13.9. The lowest BCUT2D eigenvalue weighted by Crippen LogP contribution is -2.16. The summed E-state index contributed by atoms with van der Waals surface area (Å²) < 4.78 is 65.7. The first kappa shape index (κ1) is 19.0. The number of anilines is 1. The van der Waals surface area contributed by atoms with Crippen molar-refractivity contribution < 1.29 is 26.5 Å². The lowest BCUT2D eigenvalue weighted by molar-refractivity contribution is 0.113. The molecular formula is C17H15F2N3O4S2. The molecule has 0 radical (unpaired) electrons. The van der Waals surface area contributed by atoms with Gasteiger partial charge in [0.1, 0.15) is 16.6 Å². The third kappa shape index (κ3) is 3.77. The first-order valence-corrected chi connectivity index (χ1v) is 10.8. The van der Waals surface area contributed by atoms with Crippen molar-refractivity contribution in [3.8, 4) is 11.5 Å². The minimum atomic E-state index is -4.03. The zero-order chi connectivity index (χ0) is 19.9. The Kier molecular flexibility index (Phi) is 4.89. The number of thiophene rings is 1. The van der Waals surface area contributed by atoms with Crippen molar-refractivity contribution in [3.63, 3.8) is 0 Å². The number of halogens is 2. The summed E-state index contributed by atoms with van der Waals surface area (Å²) in [5.74, 6) is -1.60. The molecule has 28 heavy (non-hydrogen) atoms. The zero-order valence-electron chi connectivity index (χ0n) is 14.7. The van der Waals surface area contributed by atoms with E-state index in [-0.39, 0.29) is 16.5 Å². The van der Waals surface area contributed by atoms with Gasteiger partial charge < -0.3 is 9.26 Å². The number of ether oxygens (including phenoxy) is 1. The molecule has 1 aliphatic rings. The molecule has 1 aliphatic heterocycles. The van der Waals surface area contributed by atoms with Gasteiger partial charge in [0.15, 0.2) is 5.82 Å². The minimum absolute atomic E-state index is 0.200. The summed E-state index contributed by atoms with van der Waals surface area (Å²) in [4.78, 5) is 5.06. The molecule has 11 heteroatoms. The molecule has 3 heterocycles. The lowest BCUT2D eigenvalue weighted by atomic mass is 10.1. The van der Waals surface area contributed by atoms with Gasteiger partial charge in [-0.2, -0.15) is 4.98 Å². The number of sulfonamides is 1. The van der Waals surface area contributed by atoms with Gasteiger partial charge in [-0.3, -0.25) is 4.72 Å². The zero-order valence-corrected chi connectivity index (χ0v) is 16.3. The van der Waals surface area contributed by atoms with E-state index in [0.717, 1.165) is 28.6 Å². The Labute approximate surface area is 163 Å². The van der Waals surface area contributed by atoms with E-state index in [0.29, 0.717) is 31.0 Å². The van der Waals surface area contributed by atoms with E-state index in [2.05, 4.69) is 14.9 Å². The van der Waals surface area contributed by atoms with Gasteiger partial charge in [-0.05, 0) is 37.1 Å². The normalized spacial score (nSPS) is 14.1. The smallest absolute Gasteiger partial charge is 0.261 e. The molecule has 0 saturated carbocycles. The molecule has 0 atom stereocenters. The average Bonchev–Trinajstić information content (AvgIpc) is 3.20. The highest BCUT2D eigenvalue weighted by Gasteiger charge is 2.28. The molecule has 7 nitrogen and oxygen atoms in total. The van der Waals surface area contributed by atoms with Crippen LogP contribution in [0.5, 0.6) is 0 Å². The fourth-order valence-corrected chi connectivity index (χ4v) is 5.63. The second-order valence-corrected chi connectivity index (χ2v) is 9.08. The van der Waals surface area contributed by atoms with Crippen molar-refractivity contribution in [2.75, 3.05) is 11.3 Å². The fourth-order valence-electron chi connectivity index (χ4n) is 2.97. The Hall–Kier alpha value is -2.37. The van der Waals surface area contributed by atoms with E-state index >= 15 is 0 Å². The molecule has 0 bridgehead atoms. The molecule has 0 unspecified atom stereocenters. The third-order valence-electron chi connectivity index (χ3n) is 4.16. The predicted octanol–water partition coefficient (Wildman–Crippen LogP) is 3.40. The summed E-state index contributed by atoms with van der Waals surface area (Å²) in [5.41, 5.74) is 1.13. The molecule has 0 spiro atoms. The first-order chi connectivity index (χ1) is 13.3. The summed E-state index contributed by atoms with van der Waals surface area (Å²) in [6.07, 6.45) is 0.572. The van der Waals surface area contributed by atoms with Crippen LogP contribution in [0.3, 0.4) is 0 Å². The standard InChI is InChI=1S/C17H15F2N3O4S2/c1-9-20-16(26-21-9)15-12-4-5-25-7-14(12)27-17(15)22-28(23,24)8-10-6-11(18)2-3-13(10)19/h2-3,6,22H,4-5,7-8H2,1H3. The van der Waals surface area contributed by atoms with E-state index in [1.165, 1.54) is 11.3 Å². The van der Waals surface area contributed by atoms with Crippen LogP contribution in [0.25, 0.3) is 11.5 Å². The number of rotatable bonds is 5. The van der Waals surface area contributed by atoms with Crippen molar-refractivity contribution in [3.05, 3.63) is 51.7 Å². The quantitative estimate of drug-likeness (QED) is 0.671. The number of nitrogens with zero attached hydrogens (tertiary/aromatic N) is 2. The second-order valence-electron chi connectivity index (χ2n) is 6.25. The Bertz CT molecular complexity index is 1140. The highest BCUT2D eigenvalue weighted by molar-refractivity contribution is 7.92.